The number of phenols is 1. The van der Waals surface area contributed by atoms with E-state index >= 15 is 0 Å². The monoisotopic (exact) mass is 269 g/mol. The molecule has 1 aromatic rings. The largest absolute Gasteiger partial charge is 0.506 e. The molecular formula is C13H16ClNO3. The molecule has 3 rings (SSSR count). The Morgan fingerprint density at radius 1 is 1.33 bits per heavy atom. The van der Waals surface area contributed by atoms with E-state index in [9.17, 15) is 5.11 Å². The van der Waals surface area contributed by atoms with Crippen molar-refractivity contribution in [3.63, 3.8) is 0 Å². The van der Waals surface area contributed by atoms with Crippen LogP contribution in [-0.2, 0) is 5.41 Å². The quantitative estimate of drug-likeness (QED) is 0.866. The number of ether oxygens (including phenoxy) is 2. The second kappa shape index (κ2) is 4.21. The number of rotatable bonds is 2. The van der Waals surface area contributed by atoms with Gasteiger partial charge in [-0.1, -0.05) is 24.4 Å². The number of nitrogens with two attached hydrogens (primary N) is 1. The van der Waals surface area contributed by atoms with Gasteiger partial charge in [0.2, 0.25) is 6.79 Å². The first-order valence-corrected chi connectivity index (χ1v) is 6.57. The van der Waals surface area contributed by atoms with Crippen LogP contribution in [0.4, 0.5) is 0 Å². The Morgan fingerprint density at radius 3 is 2.72 bits per heavy atom. The third-order valence-electron chi connectivity index (χ3n) is 4.07. The van der Waals surface area contributed by atoms with E-state index in [4.69, 9.17) is 26.8 Å². The number of hydrogen-bond acceptors (Lipinski definition) is 4. The predicted molar refractivity (Wildman–Crippen MR) is 68.4 cm³/mol. The fraction of sp³-hybridized carbons (Fsp3) is 0.538. The van der Waals surface area contributed by atoms with Crippen molar-refractivity contribution in [2.24, 2.45) is 5.73 Å². The van der Waals surface area contributed by atoms with Gasteiger partial charge in [0.15, 0.2) is 11.5 Å². The molecule has 0 unspecified atom stereocenters. The van der Waals surface area contributed by atoms with Gasteiger partial charge < -0.3 is 20.3 Å². The van der Waals surface area contributed by atoms with Crippen molar-refractivity contribution in [2.45, 2.75) is 31.1 Å². The molecule has 5 heteroatoms. The Labute approximate surface area is 111 Å². The molecule has 1 aliphatic carbocycles. The first kappa shape index (κ1) is 11.9. The Balaban J connectivity index is 2.21. The van der Waals surface area contributed by atoms with Gasteiger partial charge in [-0.05, 0) is 12.8 Å². The highest BCUT2D eigenvalue weighted by molar-refractivity contribution is 6.32. The Morgan fingerprint density at radius 2 is 2.06 bits per heavy atom. The molecule has 0 atom stereocenters. The topological polar surface area (TPSA) is 64.7 Å². The molecule has 0 saturated heterocycles. The maximum Gasteiger partial charge on any atom is 0.231 e. The van der Waals surface area contributed by atoms with Crippen LogP contribution in [0, 0.1) is 0 Å². The lowest BCUT2D eigenvalue weighted by Crippen LogP contribution is -2.32. The number of fused-ring (bicyclic) bond motifs is 1. The van der Waals surface area contributed by atoms with Gasteiger partial charge >= 0.3 is 0 Å². The van der Waals surface area contributed by atoms with Crippen LogP contribution in [0.25, 0.3) is 0 Å². The zero-order chi connectivity index (χ0) is 12.8. The lowest BCUT2D eigenvalue weighted by atomic mass is 9.77. The molecule has 0 aromatic heterocycles. The fourth-order valence-corrected chi connectivity index (χ4v) is 3.30. The Bertz CT molecular complexity index is 484. The summed E-state index contributed by atoms with van der Waals surface area (Å²) in [6.07, 6.45) is 4.12. The molecule has 1 aromatic carbocycles. The van der Waals surface area contributed by atoms with Crippen molar-refractivity contribution < 1.29 is 14.6 Å². The molecular weight excluding hydrogens is 254 g/mol. The van der Waals surface area contributed by atoms with E-state index in [2.05, 4.69) is 0 Å². The summed E-state index contributed by atoms with van der Waals surface area (Å²) in [5.41, 5.74) is 6.47. The standard InChI is InChI=1S/C13H16ClNO3/c14-8-5-9-12(18-7-17-9)10(11(8)16)13(6-15)3-1-2-4-13/h5,16H,1-4,6-7,15H2. The number of phenolic OH excluding ortho intramolecular Hbond substituents is 1. The molecule has 1 fully saturated rings. The van der Waals surface area contributed by atoms with Gasteiger partial charge in [-0.3, -0.25) is 0 Å². The molecule has 0 radical (unpaired) electrons. The van der Waals surface area contributed by atoms with Crippen molar-refractivity contribution in [3.05, 3.63) is 16.7 Å². The normalized spacial score (nSPS) is 20.3. The van der Waals surface area contributed by atoms with Crippen molar-refractivity contribution in [2.75, 3.05) is 13.3 Å². The maximum atomic E-state index is 10.3. The summed E-state index contributed by atoms with van der Waals surface area (Å²) >= 11 is 6.07. The highest BCUT2D eigenvalue weighted by Gasteiger charge is 2.41. The van der Waals surface area contributed by atoms with Gasteiger partial charge in [0.25, 0.3) is 0 Å². The molecule has 1 heterocycles. The zero-order valence-electron chi connectivity index (χ0n) is 10.0. The van der Waals surface area contributed by atoms with Crippen LogP contribution in [0.2, 0.25) is 5.02 Å². The summed E-state index contributed by atoms with van der Waals surface area (Å²) in [7, 11) is 0. The van der Waals surface area contributed by atoms with Crippen molar-refractivity contribution in [3.8, 4) is 17.2 Å². The van der Waals surface area contributed by atoms with Gasteiger partial charge in [0.1, 0.15) is 5.75 Å². The maximum absolute atomic E-state index is 10.3. The first-order chi connectivity index (χ1) is 8.68. The van der Waals surface area contributed by atoms with E-state index in [0.29, 0.717) is 23.1 Å². The van der Waals surface area contributed by atoms with Crippen LogP contribution < -0.4 is 15.2 Å². The molecule has 4 nitrogen and oxygen atoms in total. The van der Waals surface area contributed by atoms with Gasteiger partial charge in [0.05, 0.1) is 5.02 Å². The average Bonchev–Trinajstić information content (AvgIpc) is 3.00. The lowest BCUT2D eigenvalue weighted by Gasteiger charge is -2.29. The minimum atomic E-state index is -0.229. The zero-order valence-corrected chi connectivity index (χ0v) is 10.8. The minimum absolute atomic E-state index is 0.0910. The number of aromatic hydroxyl groups is 1. The second-order valence-electron chi connectivity index (χ2n) is 5.01. The van der Waals surface area contributed by atoms with E-state index in [1.165, 1.54) is 0 Å². The van der Waals surface area contributed by atoms with E-state index in [1.54, 1.807) is 6.07 Å². The summed E-state index contributed by atoms with van der Waals surface area (Å²) in [6, 6.07) is 1.60. The molecule has 98 valence electrons. The van der Waals surface area contributed by atoms with Crippen LogP contribution in [0.5, 0.6) is 17.2 Å². The molecule has 3 N–H and O–H groups in total. The van der Waals surface area contributed by atoms with Crippen LogP contribution in [0.3, 0.4) is 0 Å². The Hall–Kier alpha value is -1.13. The van der Waals surface area contributed by atoms with E-state index in [1.807, 2.05) is 0 Å². The SMILES string of the molecule is NCC1(c2c(O)c(Cl)cc3c2OCO3)CCCC1. The smallest absolute Gasteiger partial charge is 0.231 e. The highest BCUT2D eigenvalue weighted by atomic mass is 35.5. The Kier molecular flexibility index (Phi) is 2.79. The van der Waals surface area contributed by atoms with Gasteiger partial charge in [-0.15, -0.1) is 0 Å². The van der Waals surface area contributed by atoms with E-state index in [-0.39, 0.29) is 18.0 Å². The van der Waals surface area contributed by atoms with Crippen LogP contribution in [0.1, 0.15) is 31.2 Å². The van der Waals surface area contributed by atoms with E-state index in [0.717, 1.165) is 31.2 Å². The third kappa shape index (κ3) is 1.56. The van der Waals surface area contributed by atoms with Gasteiger partial charge in [-0.25, -0.2) is 0 Å². The highest BCUT2D eigenvalue weighted by Crippen LogP contribution is 2.54. The van der Waals surface area contributed by atoms with Gasteiger partial charge in [-0.2, -0.15) is 0 Å². The fourth-order valence-electron chi connectivity index (χ4n) is 3.10. The summed E-state index contributed by atoms with van der Waals surface area (Å²) in [6.45, 7) is 0.652. The minimum Gasteiger partial charge on any atom is -0.506 e. The number of halogens is 1. The average molecular weight is 270 g/mol. The number of hydrogen-bond donors (Lipinski definition) is 2. The molecule has 0 bridgehead atoms. The van der Waals surface area contributed by atoms with Crippen molar-refractivity contribution in [1.29, 1.82) is 0 Å². The lowest BCUT2D eigenvalue weighted by molar-refractivity contribution is 0.171. The third-order valence-corrected chi connectivity index (χ3v) is 4.36. The van der Waals surface area contributed by atoms with Crippen LogP contribution >= 0.6 is 11.6 Å². The molecule has 1 saturated carbocycles. The predicted octanol–water partition coefficient (Wildman–Crippen LogP) is 2.54. The molecule has 2 aliphatic rings. The molecule has 18 heavy (non-hydrogen) atoms. The summed E-state index contributed by atoms with van der Waals surface area (Å²) in [5, 5.41) is 10.6. The molecule has 0 amide bonds. The van der Waals surface area contributed by atoms with Crippen LogP contribution in [-0.4, -0.2) is 18.4 Å². The van der Waals surface area contributed by atoms with Crippen LogP contribution in [0.15, 0.2) is 6.07 Å². The van der Waals surface area contributed by atoms with E-state index < -0.39 is 0 Å². The molecule has 1 aliphatic heterocycles. The van der Waals surface area contributed by atoms with Crippen molar-refractivity contribution >= 4 is 11.6 Å². The summed E-state index contributed by atoms with van der Waals surface area (Å²) < 4.78 is 10.9. The summed E-state index contributed by atoms with van der Waals surface area (Å²) in [4.78, 5) is 0. The second-order valence-corrected chi connectivity index (χ2v) is 5.41. The van der Waals surface area contributed by atoms with Crippen molar-refractivity contribution in [1.82, 2.24) is 0 Å². The first-order valence-electron chi connectivity index (χ1n) is 6.19. The molecule has 0 spiro atoms. The van der Waals surface area contributed by atoms with Gasteiger partial charge in [0, 0.05) is 23.6 Å². The summed E-state index contributed by atoms with van der Waals surface area (Å²) in [5.74, 6) is 1.31. The number of benzene rings is 1.